The van der Waals surface area contributed by atoms with E-state index in [2.05, 4.69) is 73.4 Å². The normalized spacial score (nSPS) is 10.8. The van der Waals surface area contributed by atoms with E-state index in [0.717, 1.165) is 6.54 Å². The Morgan fingerprint density at radius 1 is 1.15 bits per heavy atom. The zero-order valence-corrected chi connectivity index (χ0v) is 12.7. The van der Waals surface area contributed by atoms with E-state index in [1.807, 2.05) is 12.4 Å². The summed E-state index contributed by atoms with van der Waals surface area (Å²) in [7, 11) is 2.10. The van der Waals surface area contributed by atoms with Gasteiger partial charge in [0, 0.05) is 49.0 Å². The minimum absolute atomic E-state index is 0.465. The summed E-state index contributed by atoms with van der Waals surface area (Å²) in [5.74, 6) is 0. The zero-order chi connectivity index (χ0) is 14.5. The molecule has 0 radical (unpaired) electrons. The van der Waals surface area contributed by atoms with Crippen molar-refractivity contribution < 1.29 is 0 Å². The topological polar surface area (TPSA) is 28.2 Å². The second-order valence-corrected chi connectivity index (χ2v) is 5.43. The number of nitrogens with zero attached hydrogens (tertiary/aromatic N) is 2. The predicted molar refractivity (Wildman–Crippen MR) is 85.5 cm³/mol. The molecule has 0 spiro atoms. The molecular weight excluding hydrogens is 246 g/mol. The Hall–Kier alpha value is -1.87. The van der Waals surface area contributed by atoms with Crippen LogP contribution >= 0.6 is 0 Å². The van der Waals surface area contributed by atoms with Crippen molar-refractivity contribution in [2.24, 2.45) is 0 Å². The monoisotopic (exact) mass is 269 g/mol. The summed E-state index contributed by atoms with van der Waals surface area (Å²) in [5.41, 5.74) is 4.87. The van der Waals surface area contributed by atoms with Crippen molar-refractivity contribution in [3.05, 3.63) is 53.9 Å². The Balaban J connectivity index is 2.24. The van der Waals surface area contributed by atoms with Crippen LogP contribution in [0.1, 0.15) is 25.0 Å². The van der Waals surface area contributed by atoms with Gasteiger partial charge in [-0.1, -0.05) is 31.5 Å². The summed E-state index contributed by atoms with van der Waals surface area (Å²) in [6.45, 7) is 7.24. The van der Waals surface area contributed by atoms with Crippen molar-refractivity contribution in [3.63, 3.8) is 0 Å². The molecule has 0 fully saturated rings. The Morgan fingerprint density at radius 2 is 1.85 bits per heavy atom. The lowest BCUT2D eigenvalue weighted by Gasteiger charge is -2.23. The quantitative estimate of drug-likeness (QED) is 0.898. The number of pyridine rings is 1. The summed E-state index contributed by atoms with van der Waals surface area (Å²) in [4.78, 5) is 6.45. The minimum Gasteiger partial charge on any atom is -0.344 e. The van der Waals surface area contributed by atoms with E-state index in [9.17, 15) is 0 Å². The van der Waals surface area contributed by atoms with E-state index < -0.39 is 0 Å². The second-order valence-electron chi connectivity index (χ2n) is 5.43. The van der Waals surface area contributed by atoms with Gasteiger partial charge in [-0.25, -0.2) is 0 Å². The van der Waals surface area contributed by atoms with Gasteiger partial charge >= 0.3 is 0 Å². The van der Waals surface area contributed by atoms with Crippen molar-refractivity contribution in [2.45, 2.75) is 33.4 Å². The fourth-order valence-electron chi connectivity index (χ4n) is 2.10. The van der Waals surface area contributed by atoms with Crippen LogP contribution in [-0.4, -0.2) is 18.1 Å². The van der Waals surface area contributed by atoms with Crippen molar-refractivity contribution in [1.82, 2.24) is 10.3 Å². The van der Waals surface area contributed by atoms with Gasteiger partial charge in [-0.15, -0.1) is 0 Å². The molecule has 2 aromatic rings. The molecule has 0 saturated heterocycles. The lowest BCUT2D eigenvalue weighted by molar-refractivity contribution is 0.588. The molecule has 106 valence electrons. The Labute approximate surface area is 121 Å². The largest absolute Gasteiger partial charge is 0.344 e. The van der Waals surface area contributed by atoms with Gasteiger partial charge in [-0.2, -0.15) is 0 Å². The van der Waals surface area contributed by atoms with Gasteiger partial charge in [-0.3, -0.25) is 4.98 Å². The van der Waals surface area contributed by atoms with Crippen LogP contribution in [0.4, 0.5) is 11.4 Å². The van der Waals surface area contributed by atoms with Crippen molar-refractivity contribution >= 4 is 11.4 Å². The predicted octanol–water partition coefficient (Wildman–Crippen LogP) is 3.66. The van der Waals surface area contributed by atoms with Crippen molar-refractivity contribution in [1.29, 1.82) is 0 Å². The Bertz CT molecular complexity index is 546. The van der Waals surface area contributed by atoms with Crippen LogP contribution in [0.5, 0.6) is 0 Å². The molecule has 1 aromatic heterocycles. The summed E-state index contributed by atoms with van der Waals surface area (Å²) < 4.78 is 0. The summed E-state index contributed by atoms with van der Waals surface area (Å²) in [5, 5.41) is 3.45. The van der Waals surface area contributed by atoms with E-state index in [4.69, 9.17) is 0 Å². The lowest BCUT2D eigenvalue weighted by atomic mass is 10.1. The Morgan fingerprint density at radius 3 is 2.50 bits per heavy atom. The smallest absolute Gasteiger partial charge is 0.0484 e. The average Bonchev–Trinajstić information content (AvgIpc) is 2.45. The second kappa shape index (κ2) is 6.53. The molecule has 1 heterocycles. The highest BCUT2D eigenvalue weighted by molar-refractivity contribution is 5.65. The number of benzene rings is 1. The fraction of sp³-hybridized carbons (Fsp3) is 0.353. The highest BCUT2D eigenvalue weighted by Crippen LogP contribution is 2.26. The summed E-state index contributed by atoms with van der Waals surface area (Å²) >= 11 is 0. The molecule has 0 aliphatic rings. The van der Waals surface area contributed by atoms with Gasteiger partial charge < -0.3 is 10.2 Å². The standard InChI is InChI=1S/C17H23N3/c1-13(2)19-12-15-11-18-10-9-17(15)20(4)16-7-5-14(3)6-8-16/h5-11,13,19H,12H2,1-4H3. The van der Waals surface area contributed by atoms with Crippen molar-refractivity contribution in [3.8, 4) is 0 Å². The molecule has 20 heavy (non-hydrogen) atoms. The van der Waals surface area contributed by atoms with Crippen LogP contribution in [0.2, 0.25) is 0 Å². The number of nitrogens with one attached hydrogen (secondary N) is 1. The summed E-state index contributed by atoms with van der Waals surface area (Å²) in [6, 6.07) is 11.1. The first-order chi connectivity index (χ1) is 9.58. The van der Waals surface area contributed by atoms with E-state index in [1.54, 1.807) is 0 Å². The summed E-state index contributed by atoms with van der Waals surface area (Å²) in [6.07, 6.45) is 3.79. The van der Waals surface area contributed by atoms with Crippen LogP contribution in [0.25, 0.3) is 0 Å². The molecule has 1 aromatic carbocycles. The van der Waals surface area contributed by atoms with Gasteiger partial charge in [0.25, 0.3) is 0 Å². The molecule has 1 N–H and O–H groups in total. The van der Waals surface area contributed by atoms with Crippen molar-refractivity contribution in [2.75, 3.05) is 11.9 Å². The number of aromatic nitrogens is 1. The average molecular weight is 269 g/mol. The van der Waals surface area contributed by atoms with E-state index >= 15 is 0 Å². The van der Waals surface area contributed by atoms with Gasteiger partial charge in [0.1, 0.15) is 0 Å². The van der Waals surface area contributed by atoms with Crippen LogP contribution in [0, 0.1) is 6.92 Å². The molecule has 2 rings (SSSR count). The molecule has 3 nitrogen and oxygen atoms in total. The van der Waals surface area contributed by atoms with Crippen LogP contribution in [0.15, 0.2) is 42.7 Å². The molecule has 0 atom stereocenters. The number of rotatable bonds is 5. The molecule has 0 aliphatic heterocycles. The maximum Gasteiger partial charge on any atom is 0.0484 e. The number of anilines is 2. The third-order valence-corrected chi connectivity index (χ3v) is 3.36. The van der Waals surface area contributed by atoms with Crippen LogP contribution < -0.4 is 10.2 Å². The van der Waals surface area contributed by atoms with Gasteiger partial charge in [0.2, 0.25) is 0 Å². The maximum absolute atomic E-state index is 4.25. The first-order valence-corrected chi connectivity index (χ1v) is 7.04. The highest BCUT2D eigenvalue weighted by atomic mass is 15.1. The Kier molecular flexibility index (Phi) is 4.74. The first-order valence-electron chi connectivity index (χ1n) is 7.04. The van der Waals surface area contributed by atoms with E-state index in [-0.39, 0.29) is 0 Å². The fourth-order valence-corrected chi connectivity index (χ4v) is 2.10. The lowest BCUT2D eigenvalue weighted by Crippen LogP contribution is -2.23. The highest BCUT2D eigenvalue weighted by Gasteiger charge is 2.09. The number of aryl methyl sites for hydroxylation is 1. The molecular formula is C17H23N3. The zero-order valence-electron chi connectivity index (χ0n) is 12.7. The minimum atomic E-state index is 0.465. The van der Waals surface area contributed by atoms with Crippen LogP contribution in [-0.2, 0) is 6.54 Å². The molecule has 0 amide bonds. The van der Waals surface area contributed by atoms with Gasteiger partial charge in [-0.05, 0) is 25.1 Å². The molecule has 0 saturated carbocycles. The maximum atomic E-state index is 4.25. The number of hydrogen-bond acceptors (Lipinski definition) is 3. The number of hydrogen-bond donors (Lipinski definition) is 1. The molecule has 0 bridgehead atoms. The molecule has 3 heteroatoms. The van der Waals surface area contributed by atoms with Gasteiger partial charge in [0.05, 0.1) is 0 Å². The molecule has 0 aliphatic carbocycles. The third kappa shape index (κ3) is 3.58. The van der Waals surface area contributed by atoms with E-state index in [0.29, 0.717) is 6.04 Å². The van der Waals surface area contributed by atoms with Gasteiger partial charge in [0.15, 0.2) is 0 Å². The SMILES string of the molecule is Cc1ccc(N(C)c2ccncc2CNC(C)C)cc1. The van der Waals surface area contributed by atoms with Crippen LogP contribution in [0.3, 0.4) is 0 Å². The van der Waals surface area contributed by atoms with E-state index in [1.165, 1.54) is 22.5 Å². The molecule has 0 unspecified atom stereocenters. The first kappa shape index (κ1) is 14.5. The third-order valence-electron chi connectivity index (χ3n) is 3.36.